The van der Waals surface area contributed by atoms with Crippen LogP contribution < -0.4 is 0 Å². The summed E-state index contributed by atoms with van der Waals surface area (Å²) in [6, 6.07) is 17.4. The fourth-order valence-electron chi connectivity index (χ4n) is 2.49. The molecule has 132 valence electrons. The summed E-state index contributed by atoms with van der Waals surface area (Å²) >= 11 is 0. The maximum Gasteiger partial charge on any atom is 0.135 e. The van der Waals surface area contributed by atoms with Crippen molar-refractivity contribution < 1.29 is 31.3 Å². The molecule has 3 rings (SSSR count). The standard InChI is InChI=1S/C14H11N2.C5H12O2.Pt/c1-11-10-12-6-2-3-7-13(12)16(11)14-8-4-5-9-15-14;1-4(6)3-5(2)7;/h2-6,8-10H,1H3;4-7H,3H2,1-2H3;/q-1;;. The topological polar surface area (TPSA) is 58.3 Å². The van der Waals surface area contributed by atoms with Gasteiger partial charge in [0, 0.05) is 33.0 Å². The Balaban J connectivity index is 0.000000312. The normalized spacial score (nSPS) is 12.7. The number of hydrogen-bond acceptors (Lipinski definition) is 3. The average Bonchev–Trinajstić information content (AvgIpc) is 2.83. The Morgan fingerprint density at radius 1 is 1.12 bits per heavy atom. The number of aromatic nitrogens is 2. The van der Waals surface area contributed by atoms with Crippen molar-refractivity contribution in [3.05, 3.63) is 60.4 Å². The maximum atomic E-state index is 8.56. The van der Waals surface area contributed by atoms with Gasteiger partial charge in [0.25, 0.3) is 0 Å². The van der Waals surface area contributed by atoms with Crippen LogP contribution in [0.2, 0.25) is 0 Å². The van der Waals surface area contributed by atoms with Crippen LogP contribution in [0.15, 0.2) is 48.7 Å². The molecule has 2 N–H and O–H groups in total. The van der Waals surface area contributed by atoms with E-state index in [-0.39, 0.29) is 33.3 Å². The van der Waals surface area contributed by atoms with E-state index in [0.29, 0.717) is 6.42 Å². The number of hydrogen-bond donors (Lipinski definition) is 2. The van der Waals surface area contributed by atoms with Crippen molar-refractivity contribution in [2.75, 3.05) is 0 Å². The Kier molecular flexibility index (Phi) is 8.33. The zero-order valence-electron chi connectivity index (χ0n) is 14.1. The van der Waals surface area contributed by atoms with Gasteiger partial charge in [-0.2, -0.15) is 24.3 Å². The number of para-hydroxylation sites is 1. The van der Waals surface area contributed by atoms with Gasteiger partial charge in [0.15, 0.2) is 0 Å². The van der Waals surface area contributed by atoms with Crippen molar-refractivity contribution in [2.24, 2.45) is 0 Å². The van der Waals surface area contributed by atoms with E-state index in [4.69, 9.17) is 10.2 Å². The molecule has 0 spiro atoms. The molecule has 0 aliphatic heterocycles. The molecule has 1 aromatic carbocycles. The molecule has 2 atom stereocenters. The molecule has 0 saturated heterocycles. The van der Waals surface area contributed by atoms with Crippen LogP contribution in [0.3, 0.4) is 0 Å². The van der Waals surface area contributed by atoms with Gasteiger partial charge in [0.05, 0.1) is 12.2 Å². The Morgan fingerprint density at radius 2 is 1.83 bits per heavy atom. The van der Waals surface area contributed by atoms with E-state index >= 15 is 0 Å². The molecule has 2 unspecified atom stereocenters. The molecule has 0 amide bonds. The summed E-state index contributed by atoms with van der Waals surface area (Å²) in [6.45, 7) is 5.40. The van der Waals surface area contributed by atoms with Crippen LogP contribution in [0.4, 0.5) is 0 Å². The number of fused-ring (bicyclic) bond motifs is 1. The first-order chi connectivity index (χ1) is 11.0. The maximum absolute atomic E-state index is 8.56. The third kappa shape index (κ3) is 5.55. The molecule has 24 heavy (non-hydrogen) atoms. The van der Waals surface area contributed by atoms with E-state index in [2.05, 4.69) is 34.7 Å². The van der Waals surface area contributed by atoms with Crippen molar-refractivity contribution in [3.8, 4) is 5.82 Å². The third-order valence-electron chi connectivity index (χ3n) is 3.37. The summed E-state index contributed by atoms with van der Waals surface area (Å²) in [5.41, 5.74) is 2.26. The van der Waals surface area contributed by atoms with Crippen LogP contribution >= 0.6 is 0 Å². The van der Waals surface area contributed by atoms with Crippen molar-refractivity contribution in [1.29, 1.82) is 0 Å². The van der Waals surface area contributed by atoms with Gasteiger partial charge in [-0.05, 0) is 39.3 Å². The Morgan fingerprint density at radius 3 is 2.38 bits per heavy atom. The van der Waals surface area contributed by atoms with Crippen molar-refractivity contribution >= 4 is 10.9 Å². The Hall–Kier alpha value is -1.48. The quantitative estimate of drug-likeness (QED) is 0.537. The van der Waals surface area contributed by atoms with Crippen LogP contribution in [-0.4, -0.2) is 32.0 Å². The Labute approximate surface area is 157 Å². The van der Waals surface area contributed by atoms with Gasteiger partial charge in [-0.3, -0.25) is 0 Å². The van der Waals surface area contributed by atoms with Gasteiger partial charge in [-0.1, -0.05) is 17.6 Å². The molecule has 5 heteroatoms. The molecule has 0 fully saturated rings. The molecule has 4 nitrogen and oxygen atoms in total. The van der Waals surface area contributed by atoms with Gasteiger partial charge in [-0.15, -0.1) is 5.39 Å². The minimum atomic E-state index is -0.375. The van der Waals surface area contributed by atoms with Crippen molar-refractivity contribution in [1.82, 2.24) is 9.55 Å². The van der Waals surface area contributed by atoms with E-state index in [1.807, 2.05) is 36.5 Å². The minimum absolute atomic E-state index is 0. The molecule has 0 bridgehead atoms. The fraction of sp³-hybridized carbons (Fsp3) is 0.316. The van der Waals surface area contributed by atoms with Crippen molar-refractivity contribution in [2.45, 2.75) is 39.4 Å². The number of rotatable bonds is 3. The number of aliphatic hydroxyl groups is 2. The number of nitrogens with zero attached hydrogens (tertiary/aromatic N) is 2. The van der Waals surface area contributed by atoms with E-state index in [9.17, 15) is 0 Å². The monoisotopic (exact) mass is 506 g/mol. The summed E-state index contributed by atoms with van der Waals surface area (Å²) < 4.78 is 2.12. The second-order valence-corrected chi connectivity index (χ2v) is 5.72. The molecule has 3 aromatic rings. The van der Waals surface area contributed by atoms with Crippen LogP contribution in [0.5, 0.6) is 0 Å². The Bertz CT molecular complexity index is 733. The SMILES string of the molecule is CC(O)CC(C)O.Cc1cc2ccc[c-]c2n1-c1ccccn1.[Pt]. The first kappa shape index (κ1) is 20.6. The summed E-state index contributed by atoms with van der Waals surface area (Å²) in [5, 5.41) is 18.3. The largest absolute Gasteiger partial charge is 0.393 e. The van der Waals surface area contributed by atoms with Crippen LogP contribution in [0, 0.1) is 13.0 Å². The molecule has 0 aliphatic rings. The zero-order valence-corrected chi connectivity index (χ0v) is 16.4. The van der Waals surface area contributed by atoms with Gasteiger partial charge in [0.1, 0.15) is 5.82 Å². The third-order valence-corrected chi connectivity index (χ3v) is 3.37. The molecular formula is C19H23N2O2Pt-. The van der Waals surface area contributed by atoms with Gasteiger partial charge in [-0.25, -0.2) is 4.98 Å². The summed E-state index contributed by atoms with van der Waals surface area (Å²) in [6.07, 6.45) is 1.53. The van der Waals surface area contributed by atoms with Gasteiger partial charge < -0.3 is 14.8 Å². The van der Waals surface area contributed by atoms with Gasteiger partial charge >= 0.3 is 0 Å². The summed E-state index contributed by atoms with van der Waals surface area (Å²) in [7, 11) is 0. The van der Waals surface area contributed by atoms with Crippen LogP contribution in [0.25, 0.3) is 16.7 Å². The smallest absolute Gasteiger partial charge is 0.135 e. The van der Waals surface area contributed by atoms with Crippen molar-refractivity contribution in [3.63, 3.8) is 0 Å². The predicted molar refractivity (Wildman–Crippen MR) is 92.6 cm³/mol. The number of aliphatic hydroxyl groups excluding tert-OH is 2. The molecule has 0 saturated carbocycles. The number of benzene rings is 1. The first-order valence-electron chi connectivity index (χ1n) is 7.75. The molecular weight excluding hydrogens is 483 g/mol. The average molecular weight is 506 g/mol. The summed E-state index contributed by atoms with van der Waals surface area (Å²) in [4.78, 5) is 4.38. The number of aryl methyl sites for hydroxylation is 1. The van der Waals surface area contributed by atoms with Crippen LogP contribution in [-0.2, 0) is 21.1 Å². The minimum Gasteiger partial charge on any atom is -0.393 e. The molecule has 2 heterocycles. The van der Waals surface area contributed by atoms with Gasteiger partial charge in [0.2, 0.25) is 0 Å². The fourth-order valence-corrected chi connectivity index (χ4v) is 2.49. The first-order valence-corrected chi connectivity index (χ1v) is 7.75. The van der Waals surface area contributed by atoms with E-state index in [0.717, 1.165) is 11.3 Å². The van der Waals surface area contributed by atoms with E-state index in [1.165, 1.54) is 11.1 Å². The van der Waals surface area contributed by atoms with E-state index < -0.39 is 0 Å². The summed E-state index contributed by atoms with van der Waals surface area (Å²) in [5.74, 6) is 0.942. The molecule has 0 aliphatic carbocycles. The molecule has 0 radical (unpaired) electrons. The molecule has 2 aromatic heterocycles. The van der Waals surface area contributed by atoms with E-state index in [1.54, 1.807) is 13.8 Å². The zero-order chi connectivity index (χ0) is 16.8. The second kappa shape index (κ2) is 9.73. The second-order valence-electron chi connectivity index (χ2n) is 5.72. The number of pyridine rings is 1. The van der Waals surface area contributed by atoms with Crippen LogP contribution in [0.1, 0.15) is 26.0 Å². The predicted octanol–water partition coefficient (Wildman–Crippen LogP) is 3.27.